The summed E-state index contributed by atoms with van der Waals surface area (Å²) < 4.78 is 0.810. The molecule has 0 aliphatic heterocycles. The number of nitrogens with zero attached hydrogens (tertiary/aromatic N) is 2. The second-order valence-electron chi connectivity index (χ2n) is 13.4. The first-order valence-electron chi connectivity index (χ1n) is 18.8. The first kappa shape index (κ1) is 37.1. The second-order valence-corrected chi connectivity index (χ2v) is 14.5. The Hall–Kier alpha value is -5.62. The van der Waals surface area contributed by atoms with Gasteiger partial charge < -0.3 is 10.0 Å². The highest BCUT2D eigenvalue weighted by molar-refractivity contribution is 7.19. The van der Waals surface area contributed by atoms with Crippen molar-refractivity contribution in [3.8, 4) is 23.7 Å². The van der Waals surface area contributed by atoms with Crippen LogP contribution in [0, 0.1) is 23.7 Å². The summed E-state index contributed by atoms with van der Waals surface area (Å²) in [6.45, 7) is 4.52. The van der Waals surface area contributed by atoms with Crippen molar-refractivity contribution in [3.05, 3.63) is 154 Å². The minimum absolute atomic E-state index is 0.248. The number of fused-ring (bicyclic) bond motifs is 1. The molecular weight excluding hydrogens is 669 g/mol. The fourth-order valence-corrected chi connectivity index (χ4v) is 7.15. The molecule has 6 aromatic rings. The Labute approximate surface area is 318 Å². The number of aryl methyl sites for hydroxylation is 2. The molecule has 0 saturated carbocycles. The molecule has 5 heteroatoms. The van der Waals surface area contributed by atoms with Gasteiger partial charge in [0.25, 0.3) is 0 Å². The molecule has 0 fully saturated rings. The summed E-state index contributed by atoms with van der Waals surface area (Å²) in [5.41, 5.74) is 9.90. The van der Waals surface area contributed by atoms with Gasteiger partial charge in [0.05, 0.1) is 15.8 Å². The number of hydrogen-bond donors (Lipinski definition) is 1. The SMILES string of the molecule is CCCCCCc1ccc(N(c2ccc(C#Cc3ccc(C#Cc4nc5ccc(C(=O)O)cc5s4)cc3)cc2)c2ccc(CCCCCC)cc2)cc1. The molecule has 0 aliphatic rings. The molecule has 53 heavy (non-hydrogen) atoms. The van der Waals surface area contributed by atoms with Gasteiger partial charge in [-0.2, -0.15) is 0 Å². The van der Waals surface area contributed by atoms with Crippen molar-refractivity contribution in [2.45, 2.75) is 78.1 Å². The lowest BCUT2D eigenvalue weighted by Gasteiger charge is -2.26. The zero-order chi connectivity index (χ0) is 36.8. The number of rotatable bonds is 14. The summed E-state index contributed by atoms with van der Waals surface area (Å²) in [6.07, 6.45) is 12.4. The molecule has 1 N–H and O–H groups in total. The van der Waals surface area contributed by atoms with Crippen molar-refractivity contribution in [2.24, 2.45) is 0 Å². The van der Waals surface area contributed by atoms with E-state index in [-0.39, 0.29) is 5.56 Å². The lowest BCUT2D eigenvalue weighted by atomic mass is 10.0. The van der Waals surface area contributed by atoms with Gasteiger partial charge in [0.15, 0.2) is 5.01 Å². The molecule has 0 aliphatic carbocycles. The molecule has 1 heterocycles. The van der Waals surface area contributed by atoms with Gasteiger partial charge in [-0.3, -0.25) is 0 Å². The molecule has 4 nitrogen and oxygen atoms in total. The van der Waals surface area contributed by atoms with E-state index in [0.29, 0.717) is 5.01 Å². The molecule has 1 aromatic heterocycles. The third kappa shape index (κ3) is 10.5. The van der Waals surface area contributed by atoms with E-state index >= 15 is 0 Å². The monoisotopic (exact) mass is 714 g/mol. The fourth-order valence-electron chi connectivity index (χ4n) is 6.29. The minimum atomic E-state index is -0.950. The Morgan fingerprint density at radius 2 is 1.04 bits per heavy atom. The first-order chi connectivity index (χ1) is 26.0. The maximum atomic E-state index is 11.3. The average molecular weight is 715 g/mol. The summed E-state index contributed by atoms with van der Waals surface area (Å²) in [4.78, 5) is 18.1. The highest BCUT2D eigenvalue weighted by Gasteiger charge is 2.13. The first-order valence-corrected chi connectivity index (χ1v) is 19.7. The lowest BCUT2D eigenvalue weighted by Crippen LogP contribution is -2.10. The molecule has 6 rings (SSSR count). The Balaban J connectivity index is 1.15. The molecule has 0 amide bonds. The van der Waals surface area contributed by atoms with Crippen LogP contribution in [0.2, 0.25) is 0 Å². The zero-order valence-electron chi connectivity index (χ0n) is 30.7. The highest BCUT2D eigenvalue weighted by Crippen LogP contribution is 2.35. The molecule has 5 aromatic carbocycles. The summed E-state index contributed by atoms with van der Waals surface area (Å²) in [5.74, 6) is 12.0. The van der Waals surface area contributed by atoms with Crippen LogP contribution >= 0.6 is 11.3 Å². The van der Waals surface area contributed by atoms with Crippen molar-refractivity contribution >= 4 is 44.6 Å². The Bertz CT molecular complexity index is 2170. The van der Waals surface area contributed by atoms with Crippen LogP contribution < -0.4 is 4.90 Å². The van der Waals surface area contributed by atoms with E-state index in [1.807, 2.05) is 24.3 Å². The number of aromatic nitrogens is 1. The van der Waals surface area contributed by atoms with Gasteiger partial charge in [-0.25, -0.2) is 9.78 Å². The largest absolute Gasteiger partial charge is 0.478 e. The third-order valence-corrected chi connectivity index (χ3v) is 10.3. The Kier molecular flexibility index (Phi) is 13.1. The molecule has 0 bridgehead atoms. The summed E-state index contributed by atoms with van der Waals surface area (Å²) in [7, 11) is 0. The smallest absolute Gasteiger partial charge is 0.335 e. The van der Waals surface area contributed by atoms with E-state index in [1.54, 1.807) is 18.2 Å². The van der Waals surface area contributed by atoms with Crippen LogP contribution in [-0.2, 0) is 12.8 Å². The molecule has 266 valence electrons. The summed E-state index contributed by atoms with van der Waals surface area (Å²) in [5, 5.41) is 9.91. The standard InChI is InChI=1S/C48H46N2O2S/c1-3-5-7-9-11-36-19-27-42(28-20-36)50(43-29-21-37(22-30-43)12-10-8-6-4-2)44-31-23-40(24-32-44)18-15-38-13-16-39(17-14-38)25-34-47-49-45-33-26-41(48(51)52)35-46(45)53-47/h13-14,16-17,19-24,26-33,35H,3-12H2,1-2H3,(H,51,52). The number of anilines is 3. The molecular formula is C48H46N2O2S. The predicted molar refractivity (Wildman–Crippen MR) is 222 cm³/mol. The van der Waals surface area contributed by atoms with Gasteiger partial charge in [0.2, 0.25) is 0 Å². The van der Waals surface area contributed by atoms with E-state index in [0.717, 1.165) is 56.8 Å². The van der Waals surface area contributed by atoms with Gasteiger partial charge >= 0.3 is 5.97 Å². The number of carbonyl (C=O) groups is 1. The number of unbranched alkanes of at least 4 members (excludes halogenated alkanes) is 6. The number of carboxylic acid groups (broad SMARTS) is 1. The average Bonchev–Trinajstić information content (AvgIpc) is 3.61. The number of aromatic carboxylic acids is 1. The fraction of sp³-hybridized carbons (Fsp3) is 0.250. The summed E-state index contributed by atoms with van der Waals surface area (Å²) >= 11 is 1.39. The maximum Gasteiger partial charge on any atom is 0.335 e. The quantitative estimate of drug-likeness (QED) is 0.0901. The van der Waals surface area contributed by atoms with E-state index < -0.39 is 5.97 Å². The van der Waals surface area contributed by atoms with Crippen LogP contribution in [0.25, 0.3) is 10.2 Å². The normalized spacial score (nSPS) is 10.7. The molecule has 0 saturated heterocycles. The van der Waals surface area contributed by atoms with E-state index in [4.69, 9.17) is 0 Å². The van der Waals surface area contributed by atoms with E-state index in [9.17, 15) is 9.90 Å². The third-order valence-electron chi connectivity index (χ3n) is 9.34. The van der Waals surface area contributed by atoms with Gasteiger partial charge in [-0.15, -0.1) is 11.3 Å². The van der Waals surface area contributed by atoms with Crippen molar-refractivity contribution in [2.75, 3.05) is 4.90 Å². The van der Waals surface area contributed by atoms with Crippen molar-refractivity contribution in [1.82, 2.24) is 4.98 Å². The molecule has 0 spiro atoms. The molecule has 0 radical (unpaired) electrons. The van der Waals surface area contributed by atoms with Crippen molar-refractivity contribution in [3.63, 3.8) is 0 Å². The van der Waals surface area contributed by atoms with Gasteiger partial charge in [0, 0.05) is 33.8 Å². The lowest BCUT2D eigenvalue weighted by molar-refractivity contribution is 0.0697. The van der Waals surface area contributed by atoms with Crippen LogP contribution in [-0.4, -0.2) is 16.1 Å². The van der Waals surface area contributed by atoms with Crippen molar-refractivity contribution < 1.29 is 9.90 Å². The van der Waals surface area contributed by atoms with Crippen LogP contribution in [0.4, 0.5) is 17.1 Å². The zero-order valence-corrected chi connectivity index (χ0v) is 31.5. The Morgan fingerprint density at radius 3 is 1.51 bits per heavy atom. The maximum absolute atomic E-state index is 11.3. The van der Waals surface area contributed by atoms with E-state index in [2.05, 4.69) is 120 Å². The minimum Gasteiger partial charge on any atom is -0.478 e. The van der Waals surface area contributed by atoms with Crippen LogP contribution in [0.1, 0.15) is 108 Å². The predicted octanol–water partition coefficient (Wildman–Crippen LogP) is 12.5. The van der Waals surface area contributed by atoms with Crippen LogP contribution in [0.15, 0.2) is 115 Å². The number of benzene rings is 5. The molecule has 0 unspecified atom stereocenters. The second kappa shape index (κ2) is 18.7. The topological polar surface area (TPSA) is 53.4 Å². The molecule has 0 atom stereocenters. The number of carboxylic acids is 1. The van der Waals surface area contributed by atoms with Gasteiger partial charge in [0.1, 0.15) is 0 Å². The van der Waals surface area contributed by atoms with Crippen LogP contribution in [0.3, 0.4) is 0 Å². The van der Waals surface area contributed by atoms with E-state index in [1.165, 1.54) is 73.8 Å². The Morgan fingerprint density at radius 1 is 0.585 bits per heavy atom. The highest BCUT2D eigenvalue weighted by atomic mass is 32.1. The number of thiazole rings is 1. The van der Waals surface area contributed by atoms with Crippen molar-refractivity contribution in [1.29, 1.82) is 0 Å². The summed E-state index contributed by atoms with van der Waals surface area (Å²) in [6, 6.07) is 39.5. The van der Waals surface area contributed by atoms with Crippen LogP contribution in [0.5, 0.6) is 0 Å². The number of hydrogen-bond acceptors (Lipinski definition) is 4. The van der Waals surface area contributed by atoms with Gasteiger partial charge in [-0.1, -0.05) is 94.4 Å². The van der Waals surface area contributed by atoms with Gasteiger partial charge in [-0.05, 0) is 134 Å².